The molecule has 0 atom stereocenters. The first kappa shape index (κ1) is 11.2. The highest BCUT2D eigenvalue weighted by Crippen LogP contribution is 2.26. The van der Waals surface area contributed by atoms with E-state index in [0.29, 0.717) is 11.3 Å². The molecule has 5 nitrogen and oxygen atoms in total. The monoisotopic (exact) mass is 232 g/mol. The van der Waals surface area contributed by atoms with Gasteiger partial charge in [0.25, 0.3) is 0 Å². The van der Waals surface area contributed by atoms with Gasteiger partial charge in [-0.25, -0.2) is 4.79 Å². The van der Waals surface area contributed by atoms with Crippen LogP contribution in [-0.2, 0) is 7.05 Å². The van der Waals surface area contributed by atoms with Crippen molar-refractivity contribution in [1.29, 1.82) is 0 Å². The molecule has 0 fully saturated rings. The molecule has 17 heavy (non-hydrogen) atoms. The third-order valence-electron chi connectivity index (χ3n) is 2.47. The van der Waals surface area contributed by atoms with Gasteiger partial charge in [0.15, 0.2) is 0 Å². The van der Waals surface area contributed by atoms with Crippen LogP contribution in [0.2, 0.25) is 0 Å². The Labute approximate surface area is 98.3 Å². The normalized spacial score (nSPS) is 10.2. The van der Waals surface area contributed by atoms with Gasteiger partial charge in [-0.1, -0.05) is 0 Å². The number of ether oxygens (including phenoxy) is 1. The number of hydrogen-bond donors (Lipinski definition) is 1. The highest BCUT2D eigenvalue weighted by Gasteiger charge is 2.13. The molecule has 0 aliphatic heterocycles. The number of benzene rings is 1. The SMILES string of the molecule is COc1ccc(-c2cnn(C)c2)c(C(=O)O)c1. The molecule has 1 aromatic carbocycles. The standard InChI is InChI=1S/C12H12N2O3/c1-14-7-8(6-13-14)10-4-3-9(17-2)5-11(10)12(15)16/h3-7H,1-2H3,(H,15,16). The predicted octanol–water partition coefficient (Wildman–Crippen LogP) is 1.79. The average molecular weight is 232 g/mol. The molecule has 1 N–H and O–H groups in total. The first-order chi connectivity index (χ1) is 8.11. The Morgan fingerprint density at radius 3 is 2.76 bits per heavy atom. The highest BCUT2D eigenvalue weighted by atomic mass is 16.5. The molecule has 0 radical (unpaired) electrons. The molecule has 0 unspecified atom stereocenters. The summed E-state index contributed by atoms with van der Waals surface area (Å²) < 4.78 is 6.65. The number of aromatic carboxylic acids is 1. The van der Waals surface area contributed by atoms with Crippen LogP contribution in [0.5, 0.6) is 5.75 Å². The summed E-state index contributed by atoms with van der Waals surface area (Å²) in [6.45, 7) is 0. The van der Waals surface area contributed by atoms with E-state index in [2.05, 4.69) is 5.10 Å². The number of aryl methyl sites for hydroxylation is 1. The Morgan fingerprint density at radius 1 is 1.47 bits per heavy atom. The molecular formula is C12H12N2O3. The van der Waals surface area contributed by atoms with Crippen molar-refractivity contribution in [3.05, 3.63) is 36.2 Å². The van der Waals surface area contributed by atoms with E-state index in [-0.39, 0.29) is 5.56 Å². The third-order valence-corrected chi connectivity index (χ3v) is 2.47. The molecule has 0 bridgehead atoms. The van der Waals surface area contributed by atoms with Crippen molar-refractivity contribution < 1.29 is 14.6 Å². The van der Waals surface area contributed by atoms with E-state index in [1.807, 2.05) is 0 Å². The topological polar surface area (TPSA) is 64.4 Å². The quantitative estimate of drug-likeness (QED) is 0.876. The molecule has 5 heteroatoms. The summed E-state index contributed by atoms with van der Waals surface area (Å²) in [7, 11) is 3.29. The lowest BCUT2D eigenvalue weighted by molar-refractivity contribution is 0.0697. The summed E-state index contributed by atoms with van der Waals surface area (Å²) in [6, 6.07) is 4.96. The second kappa shape index (κ2) is 4.29. The average Bonchev–Trinajstić information content (AvgIpc) is 2.75. The Kier molecular flexibility index (Phi) is 2.82. The summed E-state index contributed by atoms with van der Waals surface area (Å²) >= 11 is 0. The van der Waals surface area contributed by atoms with Crippen molar-refractivity contribution in [1.82, 2.24) is 9.78 Å². The Morgan fingerprint density at radius 2 is 2.24 bits per heavy atom. The van der Waals surface area contributed by atoms with E-state index in [4.69, 9.17) is 4.74 Å². The van der Waals surface area contributed by atoms with E-state index in [1.54, 1.807) is 36.3 Å². The van der Waals surface area contributed by atoms with Gasteiger partial charge in [-0.2, -0.15) is 5.10 Å². The number of carboxylic acids is 1. The van der Waals surface area contributed by atoms with Crippen molar-refractivity contribution in [2.45, 2.75) is 0 Å². The zero-order valence-corrected chi connectivity index (χ0v) is 9.54. The van der Waals surface area contributed by atoms with E-state index in [1.165, 1.54) is 13.2 Å². The summed E-state index contributed by atoms with van der Waals surface area (Å²) in [5.74, 6) is -0.460. The molecule has 1 heterocycles. The van der Waals surface area contributed by atoms with Gasteiger partial charge in [-0.3, -0.25) is 4.68 Å². The Hall–Kier alpha value is -2.30. The first-order valence-corrected chi connectivity index (χ1v) is 5.02. The zero-order valence-electron chi connectivity index (χ0n) is 9.54. The predicted molar refractivity (Wildman–Crippen MR) is 62.2 cm³/mol. The van der Waals surface area contributed by atoms with Gasteiger partial charge >= 0.3 is 5.97 Å². The maximum atomic E-state index is 11.2. The fourth-order valence-corrected chi connectivity index (χ4v) is 1.64. The van der Waals surface area contributed by atoms with Crippen LogP contribution in [-0.4, -0.2) is 28.0 Å². The minimum Gasteiger partial charge on any atom is -0.497 e. The van der Waals surface area contributed by atoms with Gasteiger partial charge in [0.2, 0.25) is 0 Å². The lowest BCUT2D eigenvalue weighted by atomic mass is 10.0. The Bertz CT molecular complexity index is 561. The van der Waals surface area contributed by atoms with Crippen molar-refractivity contribution in [2.75, 3.05) is 7.11 Å². The minimum atomic E-state index is -0.984. The number of methoxy groups -OCH3 is 1. The van der Waals surface area contributed by atoms with Crippen LogP contribution in [0.15, 0.2) is 30.6 Å². The van der Waals surface area contributed by atoms with Crippen LogP contribution < -0.4 is 4.74 Å². The lowest BCUT2D eigenvalue weighted by Crippen LogP contribution is -2.00. The molecule has 0 aliphatic rings. The fraction of sp³-hybridized carbons (Fsp3) is 0.167. The maximum Gasteiger partial charge on any atom is 0.336 e. The van der Waals surface area contributed by atoms with Gasteiger partial charge in [0, 0.05) is 18.8 Å². The second-order valence-corrected chi connectivity index (χ2v) is 3.62. The fourth-order valence-electron chi connectivity index (χ4n) is 1.64. The molecule has 0 saturated heterocycles. The van der Waals surface area contributed by atoms with Gasteiger partial charge in [0.05, 0.1) is 18.9 Å². The second-order valence-electron chi connectivity index (χ2n) is 3.62. The van der Waals surface area contributed by atoms with Crippen molar-refractivity contribution >= 4 is 5.97 Å². The molecular weight excluding hydrogens is 220 g/mol. The first-order valence-electron chi connectivity index (χ1n) is 5.02. The van der Waals surface area contributed by atoms with E-state index in [0.717, 1.165) is 5.56 Å². The summed E-state index contributed by atoms with van der Waals surface area (Å²) in [6.07, 6.45) is 3.41. The summed E-state index contributed by atoms with van der Waals surface area (Å²) in [4.78, 5) is 11.2. The molecule has 0 spiro atoms. The number of hydrogen-bond acceptors (Lipinski definition) is 3. The third kappa shape index (κ3) is 2.13. The van der Waals surface area contributed by atoms with E-state index >= 15 is 0 Å². The lowest BCUT2D eigenvalue weighted by Gasteiger charge is -2.06. The largest absolute Gasteiger partial charge is 0.497 e. The van der Waals surface area contributed by atoms with Gasteiger partial charge < -0.3 is 9.84 Å². The highest BCUT2D eigenvalue weighted by molar-refractivity contribution is 5.96. The van der Waals surface area contributed by atoms with Gasteiger partial charge in [-0.15, -0.1) is 0 Å². The molecule has 2 aromatic rings. The van der Waals surface area contributed by atoms with Crippen molar-refractivity contribution in [3.8, 4) is 16.9 Å². The maximum absolute atomic E-state index is 11.2. The van der Waals surface area contributed by atoms with Gasteiger partial charge in [0.1, 0.15) is 5.75 Å². The number of rotatable bonds is 3. The molecule has 88 valence electrons. The van der Waals surface area contributed by atoms with Crippen LogP contribution in [0.1, 0.15) is 10.4 Å². The zero-order chi connectivity index (χ0) is 12.4. The molecule has 1 aromatic heterocycles. The van der Waals surface area contributed by atoms with Crippen LogP contribution >= 0.6 is 0 Å². The number of aromatic nitrogens is 2. The Balaban J connectivity index is 2.57. The van der Waals surface area contributed by atoms with Crippen LogP contribution in [0.4, 0.5) is 0 Å². The number of carbonyl (C=O) groups is 1. The van der Waals surface area contributed by atoms with Crippen molar-refractivity contribution in [3.63, 3.8) is 0 Å². The molecule has 0 amide bonds. The van der Waals surface area contributed by atoms with Gasteiger partial charge in [-0.05, 0) is 23.8 Å². The van der Waals surface area contributed by atoms with Crippen LogP contribution in [0.25, 0.3) is 11.1 Å². The van der Waals surface area contributed by atoms with E-state index in [9.17, 15) is 9.90 Å². The van der Waals surface area contributed by atoms with Crippen LogP contribution in [0.3, 0.4) is 0 Å². The summed E-state index contributed by atoms with van der Waals surface area (Å²) in [5.41, 5.74) is 1.61. The number of nitrogens with zero attached hydrogens (tertiary/aromatic N) is 2. The van der Waals surface area contributed by atoms with E-state index < -0.39 is 5.97 Å². The molecule has 2 rings (SSSR count). The molecule has 0 saturated carbocycles. The summed E-state index contributed by atoms with van der Waals surface area (Å²) in [5, 5.41) is 13.2. The van der Waals surface area contributed by atoms with Crippen molar-refractivity contribution in [2.24, 2.45) is 7.05 Å². The number of carboxylic acid groups (broad SMARTS) is 1. The smallest absolute Gasteiger partial charge is 0.336 e. The minimum absolute atomic E-state index is 0.206. The molecule has 0 aliphatic carbocycles. The van der Waals surface area contributed by atoms with Crippen LogP contribution in [0, 0.1) is 0 Å².